The van der Waals surface area contributed by atoms with Crippen molar-refractivity contribution in [2.45, 2.75) is 57.7 Å². The van der Waals surface area contributed by atoms with E-state index in [9.17, 15) is 14.7 Å². The zero-order chi connectivity index (χ0) is 16.9. The molecule has 23 heavy (non-hydrogen) atoms. The first-order valence-corrected chi connectivity index (χ1v) is 8.17. The Morgan fingerprint density at radius 1 is 1.30 bits per heavy atom. The van der Waals surface area contributed by atoms with Crippen molar-refractivity contribution in [1.29, 1.82) is 0 Å². The highest BCUT2D eigenvalue weighted by atomic mass is 16.5. The fourth-order valence-corrected chi connectivity index (χ4v) is 2.83. The molecule has 1 aliphatic carbocycles. The molecule has 0 bridgehead atoms. The second-order valence-corrected chi connectivity index (χ2v) is 6.35. The number of ketones is 1. The molecule has 1 fully saturated rings. The third kappa shape index (κ3) is 5.06. The van der Waals surface area contributed by atoms with Crippen LogP contribution in [-0.4, -0.2) is 35.0 Å². The van der Waals surface area contributed by atoms with Gasteiger partial charge < -0.3 is 15.2 Å². The van der Waals surface area contributed by atoms with Crippen LogP contribution < -0.4 is 10.1 Å². The predicted octanol–water partition coefficient (Wildman–Crippen LogP) is 2.47. The molecule has 1 aromatic rings. The molecule has 1 aromatic carbocycles. The van der Waals surface area contributed by atoms with Gasteiger partial charge in [-0.3, -0.25) is 9.59 Å². The molecule has 0 aliphatic heterocycles. The molecule has 2 rings (SSSR count). The van der Waals surface area contributed by atoms with E-state index >= 15 is 0 Å². The zero-order valence-electron chi connectivity index (χ0n) is 13.8. The summed E-state index contributed by atoms with van der Waals surface area (Å²) >= 11 is 0. The van der Waals surface area contributed by atoms with E-state index in [-0.39, 0.29) is 18.2 Å². The van der Waals surface area contributed by atoms with Crippen LogP contribution in [0.15, 0.2) is 24.3 Å². The molecule has 5 nitrogen and oxygen atoms in total. The summed E-state index contributed by atoms with van der Waals surface area (Å²) < 4.78 is 5.59. The number of nitrogens with one attached hydrogen (secondary N) is 1. The van der Waals surface area contributed by atoms with Gasteiger partial charge in [0.1, 0.15) is 5.75 Å². The van der Waals surface area contributed by atoms with Crippen LogP contribution in [0.1, 0.15) is 56.3 Å². The van der Waals surface area contributed by atoms with Crippen molar-refractivity contribution in [3.63, 3.8) is 0 Å². The Morgan fingerprint density at radius 2 is 2.00 bits per heavy atom. The van der Waals surface area contributed by atoms with Crippen LogP contribution in [0.4, 0.5) is 0 Å². The summed E-state index contributed by atoms with van der Waals surface area (Å²) in [6.45, 7) is 3.40. The van der Waals surface area contributed by atoms with Gasteiger partial charge in [0.2, 0.25) is 0 Å². The zero-order valence-corrected chi connectivity index (χ0v) is 13.8. The maximum Gasteiger partial charge on any atom is 0.260 e. The lowest BCUT2D eigenvalue weighted by Gasteiger charge is -2.32. The van der Waals surface area contributed by atoms with Gasteiger partial charge in [-0.2, -0.15) is 0 Å². The molecule has 2 N–H and O–H groups in total. The lowest BCUT2D eigenvalue weighted by molar-refractivity contribution is -0.128. The van der Waals surface area contributed by atoms with Crippen LogP contribution >= 0.6 is 0 Å². The summed E-state index contributed by atoms with van der Waals surface area (Å²) in [6, 6.07) is 6.77. The molecule has 0 aromatic heterocycles. The van der Waals surface area contributed by atoms with Crippen molar-refractivity contribution in [2.24, 2.45) is 0 Å². The van der Waals surface area contributed by atoms with Crippen molar-refractivity contribution in [1.82, 2.24) is 5.32 Å². The topological polar surface area (TPSA) is 75.6 Å². The minimum Gasteiger partial charge on any atom is -0.481 e. The van der Waals surface area contributed by atoms with Gasteiger partial charge in [-0.25, -0.2) is 0 Å². The number of carbonyl (C=O) groups excluding carboxylic acids is 2. The fourth-order valence-electron chi connectivity index (χ4n) is 2.83. The maximum atomic E-state index is 12.1. The van der Waals surface area contributed by atoms with Gasteiger partial charge in [0.25, 0.3) is 5.91 Å². The summed E-state index contributed by atoms with van der Waals surface area (Å²) in [4.78, 5) is 23.5. The Morgan fingerprint density at radius 3 is 2.65 bits per heavy atom. The Bertz CT molecular complexity index is 564. The number of ether oxygens (including phenoxy) is 1. The Hall–Kier alpha value is -1.88. The number of rotatable bonds is 6. The van der Waals surface area contributed by atoms with Crippen LogP contribution in [0.3, 0.4) is 0 Å². The van der Waals surface area contributed by atoms with E-state index in [0.717, 1.165) is 32.1 Å². The number of Topliss-reactive ketones (excluding diaryl/α,β-unsaturated/α-hetero) is 1. The largest absolute Gasteiger partial charge is 0.481 e. The fraction of sp³-hybridized carbons (Fsp3) is 0.556. The first-order valence-electron chi connectivity index (χ1n) is 8.17. The van der Waals surface area contributed by atoms with Gasteiger partial charge in [-0.15, -0.1) is 0 Å². The van der Waals surface area contributed by atoms with Crippen molar-refractivity contribution in [2.75, 3.05) is 6.54 Å². The van der Waals surface area contributed by atoms with Crippen LogP contribution in [0.2, 0.25) is 0 Å². The smallest absolute Gasteiger partial charge is 0.260 e. The standard InChI is InChI=1S/C18H25NO4/c1-13(20)15-7-6-8-16(11-15)23-14(2)17(21)19-12-18(22)9-4-3-5-10-18/h6-8,11,14,22H,3-5,9-10,12H2,1-2H3,(H,19,21)/t14-/m1/s1. The number of benzene rings is 1. The Balaban J connectivity index is 1.87. The molecule has 1 atom stereocenters. The van der Waals surface area contributed by atoms with Crippen LogP contribution in [0.5, 0.6) is 5.75 Å². The van der Waals surface area contributed by atoms with Gasteiger partial charge in [0.15, 0.2) is 11.9 Å². The molecule has 0 spiro atoms. The molecule has 1 saturated carbocycles. The highest BCUT2D eigenvalue weighted by molar-refractivity contribution is 5.94. The van der Waals surface area contributed by atoms with Gasteiger partial charge in [0, 0.05) is 12.1 Å². The molecule has 0 heterocycles. The second kappa shape index (κ2) is 7.59. The van der Waals surface area contributed by atoms with Crippen LogP contribution in [0.25, 0.3) is 0 Å². The average Bonchev–Trinajstić information content (AvgIpc) is 2.53. The summed E-state index contributed by atoms with van der Waals surface area (Å²) in [5, 5.41) is 13.2. The lowest BCUT2D eigenvalue weighted by atomic mass is 9.85. The molecule has 5 heteroatoms. The number of hydrogen-bond donors (Lipinski definition) is 2. The SMILES string of the molecule is CC(=O)c1cccc(O[C@H](C)C(=O)NCC2(O)CCCCC2)c1. The molecular weight excluding hydrogens is 294 g/mol. The van der Waals surface area contributed by atoms with Crippen molar-refractivity contribution in [3.8, 4) is 5.75 Å². The monoisotopic (exact) mass is 319 g/mol. The normalized spacial score (nSPS) is 18.0. The third-order valence-electron chi connectivity index (χ3n) is 4.30. The van der Waals surface area contributed by atoms with E-state index < -0.39 is 11.7 Å². The summed E-state index contributed by atoms with van der Waals surface area (Å²) in [5.74, 6) is 0.168. The molecule has 0 saturated heterocycles. The minimum atomic E-state index is -0.790. The number of amides is 1. The van der Waals surface area contributed by atoms with E-state index in [0.29, 0.717) is 11.3 Å². The van der Waals surface area contributed by atoms with Crippen molar-refractivity contribution in [3.05, 3.63) is 29.8 Å². The molecule has 1 amide bonds. The predicted molar refractivity (Wildman–Crippen MR) is 87.6 cm³/mol. The number of carbonyl (C=O) groups is 2. The van der Waals surface area contributed by atoms with E-state index in [2.05, 4.69) is 5.32 Å². The van der Waals surface area contributed by atoms with Gasteiger partial charge in [-0.1, -0.05) is 31.4 Å². The van der Waals surface area contributed by atoms with E-state index in [1.54, 1.807) is 31.2 Å². The van der Waals surface area contributed by atoms with Crippen LogP contribution in [-0.2, 0) is 4.79 Å². The minimum absolute atomic E-state index is 0.0490. The highest BCUT2D eigenvalue weighted by Crippen LogP contribution is 2.27. The average molecular weight is 319 g/mol. The third-order valence-corrected chi connectivity index (χ3v) is 4.30. The van der Waals surface area contributed by atoms with Gasteiger partial charge in [0.05, 0.1) is 5.60 Å². The van der Waals surface area contributed by atoms with Gasteiger partial charge >= 0.3 is 0 Å². The number of hydrogen-bond acceptors (Lipinski definition) is 4. The van der Waals surface area contributed by atoms with E-state index in [4.69, 9.17) is 4.74 Å². The molecule has 1 aliphatic rings. The van der Waals surface area contributed by atoms with Crippen molar-refractivity contribution < 1.29 is 19.4 Å². The Labute approximate surface area is 137 Å². The second-order valence-electron chi connectivity index (χ2n) is 6.35. The number of aliphatic hydroxyl groups is 1. The molecule has 0 radical (unpaired) electrons. The summed E-state index contributed by atoms with van der Waals surface area (Å²) in [7, 11) is 0. The quantitative estimate of drug-likeness (QED) is 0.790. The molecule has 0 unspecified atom stereocenters. The Kier molecular flexibility index (Phi) is 5.77. The van der Waals surface area contributed by atoms with Gasteiger partial charge in [-0.05, 0) is 38.8 Å². The maximum absolute atomic E-state index is 12.1. The van der Waals surface area contributed by atoms with E-state index in [1.807, 2.05) is 0 Å². The first kappa shape index (κ1) is 17.5. The first-order chi connectivity index (χ1) is 10.9. The lowest BCUT2D eigenvalue weighted by Crippen LogP contribution is -2.47. The molecule has 126 valence electrons. The van der Waals surface area contributed by atoms with Crippen molar-refractivity contribution >= 4 is 11.7 Å². The summed E-state index contributed by atoms with van der Waals surface area (Å²) in [5.41, 5.74) is -0.242. The highest BCUT2D eigenvalue weighted by Gasteiger charge is 2.30. The van der Waals surface area contributed by atoms with Crippen LogP contribution in [0, 0.1) is 0 Å². The summed E-state index contributed by atoms with van der Waals surface area (Å²) in [6.07, 6.45) is 3.89. The molecular formula is C18H25NO4. The van der Waals surface area contributed by atoms with E-state index in [1.165, 1.54) is 6.92 Å².